The molecule has 0 atom stereocenters. The third-order valence-corrected chi connectivity index (χ3v) is 4.46. The van der Waals surface area contributed by atoms with Gasteiger partial charge in [0.2, 0.25) is 0 Å². The number of aryl methyl sites for hydroxylation is 1. The fourth-order valence-corrected chi connectivity index (χ4v) is 3.01. The van der Waals surface area contributed by atoms with Crippen molar-refractivity contribution in [1.82, 2.24) is 19.0 Å². The number of pyridine rings is 1. The first-order valence-corrected chi connectivity index (χ1v) is 8.12. The second-order valence-corrected chi connectivity index (χ2v) is 6.07. The SMILES string of the molecule is Cc1nnsc1C(=O)Nc1cccc(-c2cn3ccccc3n2)c1. The molecule has 7 heteroatoms. The Bertz CT molecular complexity index is 1000. The van der Waals surface area contributed by atoms with Gasteiger partial charge in [0, 0.05) is 23.6 Å². The van der Waals surface area contributed by atoms with Gasteiger partial charge in [0.05, 0.1) is 11.4 Å². The van der Waals surface area contributed by atoms with Crippen molar-refractivity contribution in [3.63, 3.8) is 0 Å². The minimum absolute atomic E-state index is 0.199. The predicted octanol–water partition coefficient (Wildman–Crippen LogP) is 3.41. The van der Waals surface area contributed by atoms with Crippen LogP contribution in [0.2, 0.25) is 0 Å². The molecule has 0 bridgehead atoms. The van der Waals surface area contributed by atoms with E-state index in [-0.39, 0.29) is 5.91 Å². The maximum absolute atomic E-state index is 12.3. The van der Waals surface area contributed by atoms with E-state index in [1.165, 1.54) is 0 Å². The molecule has 6 nitrogen and oxygen atoms in total. The maximum Gasteiger partial charge on any atom is 0.269 e. The molecular weight excluding hydrogens is 322 g/mol. The first kappa shape index (κ1) is 14.5. The van der Waals surface area contributed by atoms with Gasteiger partial charge >= 0.3 is 0 Å². The van der Waals surface area contributed by atoms with Gasteiger partial charge < -0.3 is 9.72 Å². The van der Waals surface area contributed by atoms with Crippen molar-refractivity contribution in [3.05, 3.63) is 65.4 Å². The highest BCUT2D eigenvalue weighted by atomic mass is 32.1. The minimum Gasteiger partial charge on any atom is -0.321 e. The van der Waals surface area contributed by atoms with Crippen LogP contribution >= 0.6 is 11.5 Å². The number of carbonyl (C=O) groups is 1. The lowest BCUT2D eigenvalue weighted by molar-refractivity contribution is 0.103. The summed E-state index contributed by atoms with van der Waals surface area (Å²) in [6.45, 7) is 1.77. The summed E-state index contributed by atoms with van der Waals surface area (Å²) in [4.78, 5) is 17.4. The molecule has 3 heterocycles. The quantitative estimate of drug-likeness (QED) is 0.623. The van der Waals surface area contributed by atoms with Crippen LogP contribution in [-0.4, -0.2) is 24.9 Å². The Kier molecular flexibility index (Phi) is 3.55. The molecule has 0 saturated heterocycles. The van der Waals surface area contributed by atoms with Gasteiger partial charge in [-0.15, -0.1) is 5.10 Å². The Morgan fingerprint density at radius 1 is 1.21 bits per heavy atom. The van der Waals surface area contributed by atoms with Gasteiger partial charge in [-0.1, -0.05) is 22.7 Å². The first-order chi connectivity index (χ1) is 11.7. The van der Waals surface area contributed by atoms with Crippen LogP contribution in [0.25, 0.3) is 16.9 Å². The number of nitrogens with zero attached hydrogens (tertiary/aromatic N) is 4. The number of hydrogen-bond acceptors (Lipinski definition) is 5. The molecule has 4 rings (SSSR count). The van der Waals surface area contributed by atoms with E-state index >= 15 is 0 Å². The lowest BCUT2D eigenvalue weighted by atomic mass is 10.1. The highest BCUT2D eigenvalue weighted by Crippen LogP contribution is 2.23. The standard InChI is InChI=1S/C17H13N5OS/c1-11-16(24-21-20-11)17(23)18-13-6-4-5-12(9-13)14-10-22-8-3-2-7-15(22)19-14/h2-10H,1H3,(H,18,23). The summed E-state index contributed by atoms with van der Waals surface area (Å²) in [5.41, 5.74) is 4.02. The number of benzene rings is 1. The van der Waals surface area contributed by atoms with Gasteiger partial charge in [-0.2, -0.15) is 0 Å². The summed E-state index contributed by atoms with van der Waals surface area (Å²) in [6.07, 6.45) is 3.92. The van der Waals surface area contributed by atoms with Crippen molar-refractivity contribution in [1.29, 1.82) is 0 Å². The van der Waals surface area contributed by atoms with Crippen molar-refractivity contribution in [2.75, 3.05) is 5.32 Å². The third-order valence-electron chi connectivity index (χ3n) is 3.64. The summed E-state index contributed by atoms with van der Waals surface area (Å²) in [5, 5.41) is 6.75. The van der Waals surface area contributed by atoms with Crippen molar-refractivity contribution in [2.24, 2.45) is 0 Å². The lowest BCUT2D eigenvalue weighted by Crippen LogP contribution is -2.11. The Labute approximate surface area is 142 Å². The van der Waals surface area contributed by atoms with Gasteiger partial charge in [-0.25, -0.2) is 4.98 Å². The van der Waals surface area contributed by atoms with Crippen LogP contribution in [0.1, 0.15) is 15.4 Å². The lowest BCUT2D eigenvalue weighted by Gasteiger charge is -2.05. The molecule has 0 aliphatic rings. The van der Waals surface area contributed by atoms with Gasteiger partial charge in [0.25, 0.3) is 5.91 Å². The Morgan fingerprint density at radius 2 is 2.12 bits per heavy atom. The van der Waals surface area contributed by atoms with Crippen molar-refractivity contribution in [3.8, 4) is 11.3 Å². The Balaban J connectivity index is 1.64. The normalized spacial score (nSPS) is 10.9. The van der Waals surface area contributed by atoms with Crippen molar-refractivity contribution >= 4 is 28.8 Å². The van der Waals surface area contributed by atoms with E-state index in [4.69, 9.17) is 0 Å². The van der Waals surface area contributed by atoms with Crippen LogP contribution in [0, 0.1) is 6.92 Å². The molecule has 118 valence electrons. The number of aromatic nitrogens is 4. The Hall–Kier alpha value is -3.06. The van der Waals surface area contributed by atoms with E-state index in [1.807, 2.05) is 59.3 Å². The number of amides is 1. The largest absolute Gasteiger partial charge is 0.321 e. The molecule has 4 aromatic rings. The molecule has 0 spiro atoms. The van der Waals surface area contributed by atoms with Crippen molar-refractivity contribution < 1.29 is 4.79 Å². The van der Waals surface area contributed by atoms with Gasteiger partial charge in [0.1, 0.15) is 10.5 Å². The van der Waals surface area contributed by atoms with Crippen LogP contribution in [0.4, 0.5) is 5.69 Å². The van der Waals surface area contributed by atoms with E-state index in [1.54, 1.807) is 6.92 Å². The molecule has 0 aliphatic carbocycles. The summed E-state index contributed by atoms with van der Waals surface area (Å²) in [5.74, 6) is -0.199. The monoisotopic (exact) mass is 335 g/mol. The highest BCUT2D eigenvalue weighted by Gasteiger charge is 2.13. The molecule has 0 saturated carbocycles. The van der Waals surface area contributed by atoms with Crippen LogP contribution < -0.4 is 5.32 Å². The number of anilines is 1. The van der Waals surface area contributed by atoms with E-state index in [2.05, 4.69) is 19.9 Å². The number of carbonyl (C=O) groups excluding carboxylic acids is 1. The van der Waals surface area contributed by atoms with Crippen LogP contribution in [0.5, 0.6) is 0 Å². The van der Waals surface area contributed by atoms with E-state index in [0.29, 0.717) is 16.3 Å². The molecular formula is C17H13N5OS. The van der Waals surface area contributed by atoms with E-state index < -0.39 is 0 Å². The zero-order chi connectivity index (χ0) is 16.5. The van der Waals surface area contributed by atoms with Gasteiger partial charge in [-0.3, -0.25) is 4.79 Å². The number of fused-ring (bicyclic) bond motifs is 1. The summed E-state index contributed by atoms with van der Waals surface area (Å²) < 4.78 is 5.76. The van der Waals surface area contributed by atoms with Crippen LogP contribution in [0.15, 0.2) is 54.9 Å². The molecule has 3 aromatic heterocycles. The number of hydrogen-bond donors (Lipinski definition) is 1. The first-order valence-electron chi connectivity index (χ1n) is 7.35. The maximum atomic E-state index is 12.3. The zero-order valence-electron chi connectivity index (χ0n) is 12.8. The van der Waals surface area contributed by atoms with Gasteiger partial charge in [0.15, 0.2) is 0 Å². The second-order valence-electron chi connectivity index (χ2n) is 5.31. The topological polar surface area (TPSA) is 72.2 Å². The summed E-state index contributed by atoms with van der Waals surface area (Å²) >= 11 is 1.09. The van der Waals surface area contributed by atoms with Crippen molar-refractivity contribution in [2.45, 2.75) is 6.92 Å². The number of imidazole rings is 1. The molecule has 0 aliphatic heterocycles. The minimum atomic E-state index is -0.199. The number of rotatable bonds is 3. The summed E-state index contributed by atoms with van der Waals surface area (Å²) in [7, 11) is 0. The third kappa shape index (κ3) is 2.65. The van der Waals surface area contributed by atoms with E-state index in [0.717, 1.165) is 28.4 Å². The predicted molar refractivity (Wildman–Crippen MR) is 93.2 cm³/mol. The molecule has 1 aromatic carbocycles. The van der Waals surface area contributed by atoms with E-state index in [9.17, 15) is 4.79 Å². The summed E-state index contributed by atoms with van der Waals surface area (Å²) in [6, 6.07) is 13.5. The number of nitrogens with one attached hydrogen (secondary N) is 1. The zero-order valence-corrected chi connectivity index (χ0v) is 13.6. The highest BCUT2D eigenvalue weighted by molar-refractivity contribution is 7.08. The smallest absolute Gasteiger partial charge is 0.269 e. The fraction of sp³-hybridized carbons (Fsp3) is 0.0588. The average Bonchev–Trinajstić information content (AvgIpc) is 3.21. The molecule has 24 heavy (non-hydrogen) atoms. The molecule has 0 unspecified atom stereocenters. The molecule has 0 radical (unpaired) electrons. The second kappa shape index (κ2) is 5.86. The fourth-order valence-electron chi connectivity index (χ4n) is 2.46. The molecule has 1 amide bonds. The Morgan fingerprint density at radius 3 is 2.92 bits per heavy atom. The van der Waals surface area contributed by atoms with Crippen LogP contribution in [-0.2, 0) is 0 Å². The molecule has 0 fully saturated rings. The van der Waals surface area contributed by atoms with Gasteiger partial charge in [-0.05, 0) is 42.7 Å². The average molecular weight is 335 g/mol. The van der Waals surface area contributed by atoms with Crippen LogP contribution in [0.3, 0.4) is 0 Å². The molecule has 1 N–H and O–H groups in total.